The lowest BCUT2D eigenvalue weighted by Crippen LogP contribution is -2.80. The predicted octanol–water partition coefficient (Wildman–Crippen LogP) is 5.03. The number of piperidine rings is 1. The fourth-order valence-corrected chi connectivity index (χ4v) is 10.0. The van der Waals surface area contributed by atoms with Crippen LogP contribution in [0.1, 0.15) is 85.6 Å². The van der Waals surface area contributed by atoms with E-state index in [0.717, 1.165) is 31.4 Å². The molecule has 2 aromatic heterocycles. The average Bonchev–Trinajstić information content (AvgIpc) is 3.81. The number of carbonyl (C=O) groups is 4. The first kappa shape index (κ1) is 39.9. The number of nitrogens with zero attached hydrogens (tertiary/aromatic N) is 6. The number of fused-ring (bicyclic) bond motifs is 1. The van der Waals surface area contributed by atoms with Crippen molar-refractivity contribution in [3.8, 4) is 0 Å². The molecule has 2 bridgehead atoms. The molecule has 0 radical (unpaired) electrons. The maximum Gasteiger partial charge on any atom is 0.433 e. The van der Waals surface area contributed by atoms with Crippen molar-refractivity contribution in [1.82, 2.24) is 29.9 Å². The van der Waals surface area contributed by atoms with Crippen LogP contribution in [0.4, 0.5) is 33.3 Å². The van der Waals surface area contributed by atoms with E-state index in [2.05, 4.69) is 20.5 Å². The molecule has 3 saturated carbocycles. The van der Waals surface area contributed by atoms with Crippen molar-refractivity contribution in [2.45, 2.75) is 81.1 Å². The third kappa shape index (κ3) is 6.86. The average molecular weight is 835 g/mol. The number of rotatable bonds is 8. The predicted molar refractivity (Wildman–Crippen MR) is 207 cm³/mol. The van der Waals surface area contributed by atoms with Crippen LogP contribution in [0.25, 0.3) is 10.9 Å². The highest BCUT2D eigenvalue weighted by Crippen LogP contribution is 2.68. The molecule has 6 fully saturated rings. The van der Waals surface area contributed by atoms with Gasteiger partial charge in [-0.05, 0) is 82.3 Å². The monoisotopic (exact) mass is 834 g/mol. The highest BCUT2D eigenvalue weighted by molar-refractivity contribution is 6.04. The fourth-order valence-electron chi connectivity index (χ4n) is 10.0. The number of halogens is 5. The van der Waals surface area contributed by atoms with Crippen LogP contribution >= 0.6 is 0 Å². The van der Waals surface area contributed by atoms with Crippen molar-refractivity contribution >= 4 is 45.9 Å². The molecule has 0 unspecified atom stereocenters. The van der Waals surface area contributed by atoms with E-state index in [1.165, 1.54) is 18.2 Å². The van der Waals surface area contributed by atoms with Gasteiger partial charge < -0.3 is 20.2 Å². The van der Waals surface area contributed by atoms with Gasteiger partial charge in [0.15, 0.2) is 0 Å². The highest BCUT2D eigenvalue weighted by atomic mass is 19.4. The quantitative estimate of drug-likeness (QED) is 0.164. The smallest absolute Gasteiger partial charge is 0.386 e. The summed E-state index contributed by atoms with van der Waals surface area (Å²) in [6.07, 6.45) is 0.328. The van der Waals surface area contributed by atoms with Crippen LogP contribution in [0.2, 0.25) is 0 Å². The standard InChI is InChI=1S/C42H43F5N8O5/c1-39(2,60)27-17-31-24(14-32(27)49-37(58)30-4-3-5-33(48-30)42(45,46)47)19-55(51-31)41-20-40(21-41,22-41)54-12-10-52(11-13-54)38(59)23-8-9-53(18-23)25-15-28(43)35(29(44)16-25)26-6-7-34(56)50-36(26)57/h3-5,14-17,19,23,26,60H,6-13,18,20-22H2,1-2H3,(H,49,58)(H,50,56,57)/t23-,26-,40?,41?/m1/s1. The molecule has 4 amide bonds. The van der Waals surface area contributed by atoms with Gasteiger partial charge in [-0.15, -0.1) is 0 Å². The molecule has 3 N–H and O–H groups in total. The van der Waals surface area contributed by atoms with Gasteiger partial charge in [0.2, 0.25) is 17.7 Å². The van der Waals surface area contributed by atoms with Crippen LogP contribution in [-0.2, 0) is 31.7 Å². The molecule has 6 aliphatic rings. The molecule has 0 spiro atoms. The molecule has 3 aliphatic heterocycles. The normalized spacial score (nSPS) is 25.9. The Hall–Kier alpha value is -5.49. The van der Waals surface area contributed by atoms with Gasteiger partial charge in [0.05, 0.1) is 28.5 Å². The highest BCUT2D eigenvalue weighted by Gasteiger charge is 2.71. The number of pyridine rings is 1. The summed E-state index contributed by atoms with van der Waals surface area (Å²) in [6, 6.07) is 8.83. The number of aliphatic hydroxyl groups is 1. The summed E-state index contributed by atoms with van der Waals surface area (Å²) in [6.45, 7) is 6.39. The van der Waals surface area contributed by atoms with Crippen molar-refractivity contribution in [1.29, 1.82) is 0 Å². The van der Waals surface area contributed by atoms with E-state index >= 15 is 8.78 Å². The maximum atomic E-state index is 15.2. The third-order valence-corrected chi connectivity index (χ3v) is 13.1. The van der Waals surface area contributed by atoms with Gasteiger partial charge in [-0.2, -0.15) is 18.3 Å². The molecule has 10 rings (SSSR count). The molecule has 60 heavy (non-hydrogen) atoms. The first-order valence-corrected chi connectivity index (χ1v) is 20.1. The number of carbonyl (C=O) groups excluding carboxylic acids is 4. The van der Waals surface area contributed by atoms with E-state index in [0.29, 0.717) is 67.8 Å². The first-order valence-electron chi connectivity index (χ1n) is 20.1. The van der Waals surface area contributed by atoms with Crippen LogP contribution in [-0.4, -0.2) is 98.1 Å². The molecule has 316 valence electrons. The summed E-state index contributed by atoms with van der Waals surface area (Å²) < 4.78 is 72.2. The number of alkyl halides is 3. The fraction of sp³-hybridized carbons (Fsp3) is 0.476. The van der Waals surface area contributed by atoms with Crippen LogP contribution in [0.5, 0.6) is 0 Å². The summed E-state index contributed by atoms with van der Waals surface area (Å²) in [7, 11) is 0. The Morgan fingerprint density at radius 1 is 0.933 bits per heavy atom. The maximum absolute atomic E-state index is 15.2. The number of hydrogen-bond donors (Lipinski definition) is 3. The Bertz CT molecular complexity index is 2410. The number of benzene rings is 2. The lowest BCUT2D eigenvalue weighted by molar-refractivity contribution is -0.217. The van der Waals surface area contributed by atoms with Crippen LogP contribution < -0.4 is 15.5 Å². The van der Waals surface area contributed by atoms with E-state index in [4.69, 9.17) is 5.10 Å². The van der Waals surface area contributed by atoms with Crippen molar-refractivity contribution in [2.75, 3.05) is 49.5 Å². The van der Waals surface area contributed by atoms with Crippen molar-refractivity contribution < 1.29 is 46.2 Å². The van der Waals surface area contributed by atoms with Gasteiger partial charge in [0.25, 0.3) is 5.91 Å². The van der Waals surface area contributed by atoms with E-state index in [1.54, 1.807) is 30.9 Å². The number of imide groups is 1. The molecule has 5 heterocycles. The molecule has 2 aromatic carbocycles. The molecule has 3 aliphatic carbocycles. The number of nitrogens with one attached hydrogen (secondary N) is 2. The second-order valence-electron chi connectivity index (χ2n) is 17.5. The van der Waals surface area contributed by atoms with E-state index in [1.807, 2.05) is 15.8 Å². The molecular weight excluding hydrogens is 792 g/mol. The summed E-state index contributed by atoms with van der Waals surface area (Å²) in [5.41, 5.74) is -2.12. The molecular formula is C42H43F5N8O5. The minimum absolute atomic E-state index is 0.00436. The SMILES string of the molecule is CC(C)(O)c1cc2nn(C34CC(N5CCN(C(=O)[C@@H]6CCN(c7cc(F)c([C@H]8CCC(=O)NC8=O)c(F)c7)C6)CC5)(C3)C4)cc2cc1NC(=O)c1cccc(C(F)(F)F)n1. The molecule has 4 aromatic rings. The minimum Gasteiger partial charge on any atom is -0.386 e. The number of piperazine rings is 1. The largest absolute Gasteiger partial charge is 0.433 e. The van der Waals surface area contributed by atoms with Gasteiger partial charge in [-0.1, -0.05) is 6.07 Å². The zero-order valence-corrected chi connectivity index (χ0v) is 32.9. The van der Waals surface area contributed by atoms with Crippen molar-refractivity contribution in [2.24, 2.45) is 5.92 Å². The Morgan fingerprint density at radius 3 is 2.28 bits per heavy atom. The van der Waals surface area contributed by atoms with Gasteiger partial charge in [-0.3, -0.25) is 34.1 Å². The Kier molecular flexibility index (Phi) is 9.35. The van der Waals surface area contributed by atoms with Crippen LogP contribution in [0, 0.1) is 17.6 Å². The zero-order chi connectivity index (χ0) is 42.5. The summed E-state index contributed by atoms with van der Waals surface area (Å²) in [4.78, 5) is 60.2. The number of hydrogen-bond acceptors (Lipinski definition) is 9. The lowest BCUT2D eigenvalue weighted by Gasteiger charge is -2.74. The Morgan fingerprint density at radius 2 is 1.63 bits per heavy atom. The van der Waals surface area contributed by atoms with E-state index < -0.39 is 58.4 Å². The summed E-state index contributed by atoms with van der Waals surface area (Å²) >= 11 is 0. The topological polar surface area (TPSA) is 153 Å². The minimum atomic E-state index is -4.72. The second kappa shape index (κ2) is 14.0. The Labute approximate surface area is 340 Å². The van der Waals surface area contributed by atoms with Gasteiger partial charge in [-0.25, -0.2) is 13.8 Å². The van der Waals surface area contributed by atoms with E-state index in [9.17, 15) is 37.5 Å². The van der Waals surface area contributed by atoms with Gasteiger partial charge in [0, 0.05) is 85.3 Å². The van der Waals surface area contributed by atoms with Gasteiger partial charge in [0.1, 0.15) is 23.0 Å². The summed E-state index contributed by atoms with van der Waals surface area (Å²) in [5.74, 6) is -5.13. The molecule has 13 nitrogen and oxygen atoms in total. The van der Waals surface area contributed by atoms with Crippen LogP contribution in [0.3, 0.4) is 0 Å². The number of anilines is 2. The van der Waals surface area contributed by atoms with Crippen molar-refractivity contribution in [3.05, 3.63) is 82.8 Å². The van der Waals surface area contributed by atoms with E-state index in [-0.39, 0.29) is 47.0 Å². The molecule has 3 saturated heterocycles. The number of aromatic nitrogens is 3. The zero-order valence-electron chi connectivity index (χ0n) is 32.9. The first-order chi connectivity index (χ1) is 28.3. The number of amides is 4. The Balaban J connectivity index is 0.810. The molecule has 2 atom stereocenters. The second-order valence-corrected chi connectivity index (χ2v) is 17.5. The van der Waals surface area contributed by atoms with Crippen LogP contribution in [0.15, 0.2) is 48.7 Å². The van der Waals surface area contributed by atoms with Gasteiger partial charge >= 0.3 is 6.18 Å². The summed E-state index contributed by atoms with van der Waals surface area (Å²) in [5, 5.41) is 21.3. The third-order valence-electron chi connectivity index (χ3n) is 13.1. The molecule has 18 heteroatoms. The van der Waals surface area contributed by atoms with Crippen molar-refractivity contribution in [3.63, 3.8) is 0 Å². The lowest BCUT2D eigenvalue weighted by atomic mass is 9.43.